The molecular weight excluding hydrogens is 651 g/mol. The average Bonchev–Trinajstić information content (AvgIpc) is 3.09. The third kappa shape index (κ3) is 33.8. The van der Waals surface area contributed by atoms with Crippen molar-refractivity contribution in [3.8, 4) is 0 Å². The van der Waals surface area contributed by atoms with Crippen molar-refractivity contribution in [2.45, 2.75) is 193 Å². The monoisotopic (exact) mass is 729 g/mol. The summed E-state index contributed by atoms with van der Waals surface area (Å²) >= 11 is 0. The molecule has 9 nitrogen and oxygen atoms in total. The number of hydrogen-bond donors (Lipinski definition) is 5. The quantitative estimate of drug-likeness (QED) is 0.0241. The Morgan fingerprint density at radius 2 is 1.18 bits per heavy atom. The molecule has 0 aliphatic carbocycles. The van der Waals surface area contributed by atoms with Gasteiger partial charge in [-0.3, -0.25) is 13.8 Å². The number of amides is 1. The van der Waals surface area contributed by atoms with Gasteiger partial charge in [0, 0.05) is 6.54 Å². The molecule has 0 radical (unpaired) electrons. The van der Waals surface area contributed by atoms with Gasteiger partial charge in [-0.05, 0) is 51.4 Å². The van der Waals surface area contributed by atoms with Crippen LogP contribution in [0.2, 0.25) is 0 Å². The fourth-order valence-corrected chi connectivity index (χ4v) is 6.43. The van der Waals surface area contributed by atoms with E-state index in [2.05, 4.69) is 43.5 Å². The minimum atomic E-state index is -4.39. The molecular formula is C40H77N2O7P. The lowest BCUT2D eigenvalue weighted by molar-refractivity contribution is -0.124. The Balaban J connectivity index is 4.18. The lowest BCUT2D eigenvalue weighted by Gasteiger charge is -2.24. The van der Waals surface area contributed by atoms with Gasteiger partial charge in [0.05, 0.1) is 37.9 Å². The molecule has 0 aromatic rings. The van der Waals surface area contributed by atoms with Gasteiger partial charge in [-0.15, -0.1) is 0 Å². The van der Waals surface area contributed by atoms with E-state index in [1.54, 1.807) is 6.08 Å². The van der Waals surface area contributed by atoms with Crippen molar-refractivity contribution in [3.05, 3.63) is 36.5 Å². The molecule has 0 fully saturated rings. The van der Waals surface area contributed by atoms with E-state index in [-0.39, 0.29) is 19.6 Å². The van der Waals surface area contributed by atoms with E-state index < -0.39 is 38.6 Å². The number of carbonyl (C=O) groups excluding carboxylic acids is 1. The van der Waals surface area contributed by atoms with Gasteiger partial charge in [0.2, 0.25) is 5.91 Å². The fraction of sp³-hybridized carbons (Fsp3) is 0.825. The number of rotatable bonds is 37. The van der Waals surface area contributed by atoms with Crippen molar-refractivity contribution in [1.82, 2.24) is 5.32 Å². The highest BCUT2D eigenvalue weighted by molar-refractivity contribution is 7.47. The zero-order valence-corrected chi connectivity index (χ0v) is 32.9. The maximum absolute atomic E-state index is 12.7. The van der Waals surface area contributed by atoms with Gasteiger partial charge in [-0.2, -0.15) is 0 Å². The first kappa shape index (κ1) is 48.7. The summed E-state index contributed by atoms with van der Waals surface area (Å²) in [6.45, 7) is 3.88. The third-order valence-corrected chi connectivity index (χ3v) is 9.75. The van der Waals surface area contributed by atoms with Crippen molar-refractivity contribution >= 4 is 13.7 Å². The van der Waals surface area contributed by atoms with Crippen LogP contribution in [0.5, 0.6) is 0 Å². The number of phosphoric acid groups is 1. The van der Waals surface area contributed by atoms with Crippen molar-refractivity contribution < 1.29 is 33.5 Å². The lowest BCUT2D eigenvalue weighted by Crippen LogP contribution is -2.46. The maximum atomic E-state index is 12.7. The number of phosphoric ester groups is 1. The van der Waals surface area contributed by atoms with E-state index >= 15 is 0 Å². The molecule has 0 aliphatic rings. The highest BCUT2D eigenvalue weighted by Crippen LogP contribution is 2.43. The van der Waals surface area contributed by atoms with Crippen molar-refractivity contribution in [1.29, 1.82) is 0 Å². The molecule has 294 valence electrons. The molecule has 1 amide bonds. The Hall–Kier alpha value is -1.32. The Kier molecular flexibility index (Phi) is 35.1. The van der Waals surface area contributed by atoms with E-state index in [1.165, 1.54) is 83.5 Å². The number of unbranched alkanes of at least 4 members (excludes halogenated alkanes) is 19. The molecule has 4 unspecified atom stereocenters. The van der Waals surface area contributed by atoms with Crippen molar-refractivity contribution in [2.24, 2.45) is 5.73 Å². The largest absolute Gasteiger partial charge is 0.472 e. The van der Waals surface area contributed by atoms with Crippen LogP contribution in [0.1, 0.15) is 174 Å². The minimum Gasteiger partial charge on any atom is -0.393 e. The summed E-state index contributed by atoms with van der Waals surface area (Å²) in [5.41, 5.74) is 5.33. The summed E-state index contributed by atoms with van der Waals surface area (Å²) in [7, 11) is -4.39. The van der Waals surface area contributed by atoms with Gasteiger partial charge in [0.1, 0.15) is 0 Å². The van der Waals surface area contributed by atoms with Crippen LogP contribution in [0.3, 0.4) is 0 Å². The van der Waals surface area contributed by atoms with E-state index in [0.717, 1.165) is 64.2 Å². The first-order chi connectivity index (χ1) is 24.3. The molecule has 0 bridgehead atoms. The van der Waals surface area contributed by atoms with Crippen LogP contribution in [0.4, 0.5) is 0 Å². The summed E-state index contributed by atoms with van der Waals surface area (Å²) < 4.78 is 21.9. The molecule has 10 heteroatoms. The van der Waals surface area contributed by atoms with E-state index in [0.29, 0.717) is 6.42 Å². The van der Waals surface area contributed by atoms with Gasteiger partial charge in [-0.25, -0.2) is 4.57 Å². The van der Waals surface area contributed by atoms with Crippen LogP contribution >= 0.6 is 7.82 Å². The Morgan fingerprint density at radius 3 is 1.70 bits per heavy atom. The number of allylic oxidation sites excluding steroid dienone is 5. The molecule has 0 heterocycles. The second-order valence-electron chi connectivity index (χ2n) is 13.7. The summed E-state index contributed by atoms with van der Waals surface area (Å²) in [5.74, 6) is -0.459. The van der Waals surface area contributed by atoms with Crippen LogP contribution in [0, 0.1) is 0 Å². The SMILES string of the molecule is CCCCCCC/C=C/C(O)C(COP(=O)(O)OCCN)NC(=O)CC(O)CCCCCCC/C=C\C/C=C\CCCCCCCCCCC. The number of nitrogens with one attached hydrogen (secondary N) is 1. The summed E-state index contributed by atoms with van der Waals surface area (Å²) in [6, 6.07) is -0.984. The number of aliphatic hydroxyl groups excluding tert-OH is 2. The van der Waals surface area contributed by atoms with Crippen LogP contribution in [-0.4, -0.2) is 59.0 Å². The van der Waals surface area contributed by atoms with E-state index in [9.17, 15) is 24.5 Å². The van der Waals surface area contributed by atoms with E-state index in [1.807, 2.05) is 6.08 Å². The number of nitrogens with two attached hydrogens (primary N) is 1. The third-order valence-electron chi connectivity index (χ3n) is 8.76. The molecule has 0 aliphatic heterocycles. The van der Waals surface area contributed by atoms with Crippen LogP contribution in [0.15, 0.2) is 36.5 Å². The summed E-state index contributed by atoms with van der Waals surface area (Å²) in [5, 5.41) is 23.8. The molecule has 0 rings (SSSR count). The Morgan fingerprint density at radius 1 is 0.700 bits per heavy atom. The summed E-state index contributed by atoms with van der Waals surface area (Å²) in [4.78, 5) is 22.6. The normalized spacial score (nSPS) is 15.2. The lowest BCUT2D eigenvalue weighted by atomic mass is 10.0. The highest BCUT2D eigenvalue weighted by atomic mass is 31.2. The first-order valence-corrected chi connectivity index (χ1v) is 21.7. The van der Waals surface area contributed by atoms with Gasteiger partial charge < -0.3 is 26.2 Å². The maximum Gasteiger partial charge on any atom is 0.472 e. The average molecular weight is 729 g/mol. The predicted molar refractivity (Wildman–Crippen MR) is 209 cm³/mol. The fourth-order valence-electron chi connectivity index (χ4n) is 5.67. The standard InChI is InChI=1S/C40H77N2O7P/c1-3-5-7-9-11-12-13-14-15-16-17-18-19-20-21-22-23-24-26-27-29-31-37(43)35-40(45)42-38(36-49-50(46,47)48-34-33-41)39(44)32-30-28-25-10-8-6-4-2/h17-18,20-21,30,32,37-39,43-44H,3-16,19,22-29,31,33-36,41H2,1-2H3,(H,42,45)(H,46,47)/b18-17-,21-20-,32-30+. The van der Waals surface area contributed by atoms with Crippen molar-refractivity contribution in [2.75, 3.05) is 19.8 Å². The van der Waals surface area contributed by atoms with Crippen LogP contribution in [-0.2, 0) is 18.4 Å². The molecule has 0 saturated heterocycles. The van der Waals surface area contributed by atoms with Crippen LogP contribution < -0.4 is 11.1 Å². The number of hydrogen-bond acceptors (Lipinski definition) is 7. The predicted octanol–water partition coefficient (Wildman–Crippen LogP) is 9.75. The first-order valence-electron chi connectivity index (χ1n) is 20.2. The van der Waals surface area contributed by atoms with Gasteiger partial charge in [-0.1, -0.05) is 153 Å². The molecule has 0 saturated carbocycles. The number of carbonyl (C=O) groups is 1. The zero-order valence-electron chi connectivity index (χ0n) is 32.0. The molecule has 0 aromatic carbocycles. The van der Waals surface area contributed by atoms with E-state index in [4.69, 9.17) is 14.8 Å². The topological polar surface area (TPSA) is 151 Å². The van der Waals surface area contributed by atoms with Crippen molar-refractivity contribution in [3.63, 3.8) is 0 Å². The highest BCUT2D eigenvalue weighted by Gasteiger charge is 2.27. The smallest absolute Gasteiger partial charge is 0.393 e. The van der Waals surface area contributed by atoms with Gasteiger partial charge in [0.15, 0.2) is 0 Å². The molecule has 4 atom stereocenters. The molecule has 0 spiro atoms. The summed E-state index contributed by atoms with van der Waals surface area (Å²) in [6.07, 6.45) is 38.3. The molecule has 50 heavy (non-hydrogen) atoms. The van der Waals surface area contributed by atoms with Gasteiger partial charge >= 0.3 is 7.82 Å². The minimum absolute atomic E-state index is 0.0461. The Bertz CT molecular complexity index is 899. The number of aliphatic hydroxyl groups is 2. The van der Waals surface area contributed by atoms with Crippen LogP contribution in [0.25, 0.3) is 0 Å². The van der Waals surface area contributed by atoms with Gasteiger partial charge in [0.25, 0.3) is 0 Å². The Labute approximate surface area is 306 Å². The second-order valence-corrected chi connectivity index (χ2v) is 15.1. The molecule has 0 aromatic heterocycles. The second kappa shape index (κ2) is 36.1. The zero-order chi connectivity index (χ0) is 37.0. The molecule has 6 N–H and O–H groups in total.